The minimum absolute atomic E-state index is 0.500. The molecule has 0 aliphatic rings. The van der Waals surface area contributed by atoms with E-state index in [1.54, 1.807) is 6.92 Å². The van der Waals surface area contributed by atoms with Crippen LogP contribution in [0.3, 0.4) is 0 Å². The van der Waals surface area contributed by atoms with E-state index in [1.165, 1.54) is 0 Å². The van der Waals surface area contributed by atoms with Gasteiger partial charge in [-0.15, -0.1) is 0 Å². The van der Waals surface area contributed by atoms with Gasteiger partial charge >= 0.3 is 0 Å². The number of carboxylic acid groups (broad SMARTS) is 1. The third kappa shape index (κ3) is 249. The highest BCUT2D eigenvalue weighted by molar-refractivity contribution is 7.80. The van der Waals surface area contributed by atoms with Crippen LogP contribution in [0.15, 0.2) is 0 Å². The van der Waals surface area contributed by atoms with E-state index in [-0.39, 0.29) is 0 Å². The van der Waals surface area contributed by atoms with Gasteiger partial charge in [0.15, 0.2) is 0 Å². The fraction of sp³-hybridized carbons (Fsp3) is 0.500. The molecule has 0 saturated carbocycles. The second-order valence-corrected chi connectivity index (χ2v) is 1.77. The second kappa shape index (κ2) is 6.36. The van der Waals surface area contributed by atoms with E-state index in [0.29, 0.717) is 4.99 Å². The Kier molecular flexibility index (Phi) is 8.24. The summed E-state index contributed by atoms with van der Waals surface area (Å²) in [7, 11) is 0. The van der Waals surface area contributed by atoms with Gasteiger partial charge in [0.2, 0.25) is 0 Å². The summed E-state index contributed by atoms with van der Waals surface area (Å²) in [6.07, 6.45) is 0. The number of nitrogens with two attached hydrogens (primary N) is 1. The lowest BCUT2D eigenvalue weighted by atomic mass is 10.8. The largest absolute Gasteiger partial charge is 0.481 e. The molecule has 3 nitrogen and oxygen atoms in total. The van der Waals surface area contributed by atoms with E-state index < -0.39 is 5.97 Å². The standard InChI is InChI=1S/C2H5NS.C2H4O2/c2*1-2(3)4/h1H3,(H2,3,4);1H3,(H,3,4). The third-order valence-electron chi connectivity index (χ3n) is 0. The monoisotopic (exact) mass is 135 g/mol. The van der Waals surface area contributed by atoms with Gasteiger partial charge in [-0.05, 0) is 6.92 Å². The molecule has 0 unspecified atom stereocenters. The van der Waals surface area contributed by atoms with Crippen LogP contribution < -0.4 is 5.73 Å². The van der Waals surface area contributed by atoms with Gasteiger partial charge in [0.05, 0.1) is 4.99 Å². The van der Waals surface area contributed by atoms with Gasteiger partial charge in [0, 0.05) is 6.92 Å². The molecule has 0 aliphatic heterocycles. The fourth-order valence-electron chi connectivity index (χ4n) is 0. The fourth-order valence-corrected chi connectivity index (χ4v) is 0. The Bertz CT molecular complexity index is 72.0. The number of rotatable bonds is 0. The van der Waals surface area contributed by atoms with Crippen LogP contribution in [0.25, 0.3) is 0 Å². The summed E-state index contributed by atoms with van der Waals surface area (Å²) in [5.41, 5.74) is 4.84. The molecule has 4 heteroatoms. The molecule has 0 amide bonds. The summed E-state index contributed by atoms with van der Waals surface area (Å²) in [4.78, 5) is 9.50. The Morgan fingerprint density at radius 3 is 1.62 bits per heavy atom. The minimum atomic E-state index is -0.833. The van der Waals surface area contributed by atoms with Gasteiger partial charge in [-0.3, -0.25) is 4.79 Å². The molecule has 0 heterocycles. The van der Waals surface area contributed by atoms with Crippen molar-refractivity contribution in [2.45, 2.75) is 13.8 Å². The maximum Gasteiger partial charge on any atom is 0.300 e. The molecule has 48 valence electrons. The van der Waals surface area contributed by atoms with Crippen molar-refractivity contribution in [3.05, 3.63) is 0 Å². The van der Waals surface area contributed by atoms with E-state index in [9.17, 15) is 0 Å². The van der Waals surface area contributed by atoms with Gasteiger partial charge in [-0.1, -0.05) is 12.2 Å². The molecule has 8 heavy (non-hydrogen) atoms. The van der Waals surface area contributed by atoms with Crippen molar-refractivity contribution < 1.29 is 9.90 Å². The summed E-state index contributed by atoms with van der Waals surface area (Å²) in [6, 6.07) is 0. The van der Waals surface area contributed by atoms with E-state index in [0.717, 1.165) is 6.92 Å². The highest BCUT2D eigenvalue weighted by Crippen LogP contribution is 1.48. The molecular formula is C4H9NO2S. The molecule has 0 fully saturated rings. The molecule has 3 N–H and O–H groups in total. The zero-order valence-electron chi connectivity index (χ0n) is 4.84. The van der Waals surface area contributed by atoms with Crippen molar-refractivity contribution in [3.63, 3.8) is 0 Å². The van der Waals surface area contributed by atoms with Gasteiger partial charge < -0.3 is 10.8 Å². The molecular weight excluding hydrogens is 126 g/mol. The van der Waals surface area contributed by atoms with Gasteiger partial charge in [0.25, 0.3) is 5.97 Å². The topological polar surface area (TPSA) is 63.3 Å². The van der Waals surface area contributed by atoms with Crippen LogP contribution in [0.4, 0.5) is 0 Å². The zero-order chi connectivity index (χ0) is 7.15. The SMILES string of the molecule is CC(=O)O.CC(N)=S. The minimum Gasteiger partial charge on any atom is -0.481 e. The normalized spacial score (nSPS) is 6.25. The highest BCUT2D eigenvalue weighted by atomic mass is 32.1. The van der Waals surface area contributed by atoms with Crippen molar-refractivity contribution in [3.8, 4) is 0 Å². The Balaban J connectivity index is 0. The summed E-state index contributed by atoms with van der Waals surface area (Å²) in [5.74, 6) is -0.833. The number of carboxylic acids is 1. The molecule has 0 rings (SSSR count). The van der Waals surface area contributed by atoms with Crippen molar-refractivity contribution in [1.29, 1.82) is 0 Å². The molecule has 0 saturated heterocycles. The van der Waals surface area contributed by atoms with Crippen molar-refractivity contribution in [2.75, 3.05) is 0 Å². The van der Waals surface area contributed by atoms with Crippen LogP contribution in [0.2, 0.25) is 0 Å². The van der Waals surface area contributed by atoms with E-state index in [4.69, 9.17) is 15.6 Å². The first-order valence-electron chi connectivity index (χ1n) is 1.92. The summed E-state index contributed by atoms with van der Waals surface area (Å²) in [6.45, 7) is 2.76. The van der Waals surface area contributed by atoms with Crippen LogP contribution in [-0.4, -0.2) is 16.1 Å². The molecule has 0 aliphatic carbocycles. The third-order valence-corrected chi connectivity index (χ3v) is 0. The van der Waals surface area contributed by atoms with Crippen LogP contribution in [0.1, 0.15) is 13.8 Å². The molecule has 0 aromatic carbocycles. The Morgan fingerprint density at radius 1 is 1.62 bits per heavy atom. The number of aliphatic carboxylic acids is 1. The number of carbonyl (C=O) groups is 1. The Morgan fingerprint density at radius 2 is 1.62 bits per heavy atom. The van der Waals surface area contributed by atoms with Crippen molar-refractivity contribution >= 4 is 23.2 Å². The zero-order valence-corrected chi connectivity index (χ0v) is 5.66. The molecule has 0 radical (unpaired) electrons. The van der Waals surface area contributed by atoms with Gasteiger partial charge in [0.1, 0.15) is 0 Å². The van der Waals surface area contributed by atoms with Gasteiger partial charge in [-0.25, -0.2) is 0 Å². The lowest BCUT2D eigenvalue weighted by molar-refractivity contribution is -0.134. The number of hydrogen-bond donors (Lipinski definition) is 2. The second-order valence-electron chi connectivity index (χ2n) is 1.13. The first-order chi connectivity index (χ1) is 3.46. The number of hydrogen-bond acceptors (Lipinski definition) is 2. The van der Waals surface area contributed by atoms with Crippen LogP contribution in [-0.2, 0) is 4.79 Å². The maximum absolute atomic E-state index is 9.00. The summed E-state index contributed by atoms with van der Waals surface area (Å²) in [5, 5.41) is 7.42. The molecule has 0 bridgehead atoms. The van der Waals surface area contributed by atoms with Crippen LogP contribution >= 0.6 is 12.2 Å². The molecule has 0 aromatic heterocycles. The lowest BCUT2D eigenvalue weighted by Crippen LogP contribution is -1.98. The van der Waals surface area contributed by atoms with Crippen molar-refractivity contribution in [1.82, 2.24) is 0 Å². The summed E-state index contributed by atoms with van der Waals surface area (Å²) >= 11 is 4.31. The first-order valence-corrected chi connectivity index (χ1v) is 2.33. The quantitative estimate of drug-likeness (QED) is 0.471. The molecule has 0 spiro atoms. The lowest BCUT2D eigenvalue weighted by Gasteiger charge is -1.65. The Labute approximate surface area is 53.5 Å². The number of thiocarbonyl (C=S) groups is 1. The van der Waals surface area contributed by atoms with Crippen LogP contribution in [0, 0.1) is 0 Å². The van der Waals surface area contributed by atoms with Gasteiger partial charge in [-0.2, -0.15) is 0 Å². The van der Waals surface area contributed by atoms with E-state index in [2.05, 4.69) is 12.2 Å². The highest BCUT2D eigenvalue weighted by Gasteiger charge is 1.65. The summed E-state index contributed by atoms with van der Waals surface area (Å²) < 4.78 is 0. The average molecular weight is 135 g/mol. The smallest absolute Gasteiger partial charge is 0.300 e. The van der Waals surface area contributed by atoms with Crippen LogP contribution in [0.5, 0.6) is 0 Å². The predicted octanol–water partition coefficient (Wildman–Crippen LogP) is 0.383. The predicted molar refractivity (Wildman–Crippen MR) is 35.8 cm³/mol. The molecule has 0 aromatic rings. The van der Waals surface area contributed by atoms with E-state index in [1.807, 2.05) is 0 Å². The van der Waals surface area contributed by atoms with E-state index >= 15 is 0 Å². The average Bonchev–Trinajstić information content (AvgIpc) is 1.25. The van der Waals surface area contributed by atoms with Crippen molar-refractivity contribution in [2.24, 2.45) is 5.73 Å². The Hall–Kier alpha value is -0.640. The maximum atomic E-state index is 9.00. The first kappa shape index (κ1) is 10.4. The molecule has 0 atom stereocenters.